The monoisotopic (exact) mass is 705 g/mol. The molecule has 0 aliphatic carbocycles. The fourth-order valence-electron chi connectivity index (χ4n) is 8.26. The number of benzene rings is 3. The van der Waals surface area contributed by atoms with Gasteiger partial charge in [0.1, 0.15) is 41.9 Å². The lowest BCUT2D eigenvalue weighted by Crippen LogP contribution is -2.79. The molecule has 5 heterocycles. The standard InChI is InChI=1S/C36H39N3O12/c1-37-13-16-11-20(46-3)28(47-4)31-23(16)25-21(14-38-2)48-30-24(29(25)49-31)18(15-6-5-7-17(40)10-15)12-19-26(30)39-22-8-9-35(34(44)45)32(42)27(41)33(43)36(22,50-19)51-35/h5-12,21-22,25,27,29,32-33,37-43H,13-14H2,1-4H3,(H,44,45)/t21-,22+,25+,27-,29-,32-,33+,35+,36+/m0/s1. The first-order chi connectivity index (χ1) is 24.5. The minimum atomic E-state index is -2.40. The highest BCUT2D eigenvalue weighted by atomic mass is 16.7. The second kappa shape index (κ2) is 11.9. The number of ether oxygens (including phenoxy) is 6. The Morgan fingerprint density at radius 3 is 2.49 bits per heavy atom. The molecule has 0 saturated carbocycles. The number of anilines is 1. The molecule has 3 aromatic carbocycles. The molecule has 1 fully saturated rings. The van der Waals surface area contributed by atoms with Gasteiger partial charge >= 0.3 is 5.97 Å². The van der Waals surface area contributed by atoms with Crippen LogP contribution in [0.3, 0.4) is 0 Å². The number of aliphatic carboxylic acids is 1. The van der Waals surface area contributed by atoms with Crippen molar-refractivity contribution in [2.45, 2.75) is 60.4 Å². The van der Waals surface area contributed by atoms with E-state index >= 15 is 0 Å². The normalized spacial score (nSPS) is 32.0. The summed E-state index contributed by atoms with van der Waals surface area (Å²) in [4.78, 5) is 12.5. The van der Waals surface area contributed by atoms with Gasteiger partial charge in [0, 0.05) is 24.2 Å². The van der Waals surface area contributed by atoms with Crippen molar-refractivity contribution in [2.24, 2.45) is 0 Å². The SMILES string of the molecule is CNCc1cc(OC)c(OC)c2c1[C@H]1[C@H](CNC)Oc3c4c(cc(-c5cccc(O)c5)c3[C@@H]1O2)O[C@@]12O[C@](C(=O)O)(C=C[C@H]1N4)[C@@H](O)[C@H](O)[C@H]2O. The highest BCUT2D eigenvalue weighted by Gasteiger charge is 2.70. The number of aromatic hydroxyl groups is 1. The molecule has 5 aliphatic rings. The first-order valence-corrected chi connectivity index (χ1v) is 16.6. The molecule has 5 aliphatic heterocycles. The molecule has 51 heavy (non-hydrogen) atoms. The number of fused-ring (bicyclic) bond motifs is 8. The van der Waals surface area contributed by atoms with Crippen LogP contribution in [0, 0.1) is 0 Å². The molecule has 8 N–H and O–H groups in total. The lowest BCUT2D eigenvalue weighted by atomic mass is 9.75. The summed E-state index contributed by atoms with van der Waals surface area (Å²) in [5.41, 5.74) is 1.56. The van der Waals surface area contributed by atoms with Gasteiger partial charge < -0.3 is 69.9 Å². The Hall–Kier alpha value is -4.77. The quantitative estimate of drug-likeness (QED) is 0.156. The molecule has 270 valence electrons. The molecule has 0 unspecified atom stereocenters. The van der Waals surface area contributed by atoms with Gasteiger partial charge in [0.15, 0.2) is 29.1 Å². The Bertz CT molecular complexity index is 1950. The summed E-state index contributed by atoms with van der Waals surface area (Å²) >= 11 is 0. The van der Waals surface area contributed by atoms with E-state index in [9.17, 15) is 30.3 Å². The number of carbonyl (C=O) groups is 1. The maximum Gasteiger partial charge on any atom is 0.343 e. The van der Waals surface area contributed by atoms with Crippen LogP contribution in [0.4, 0.5) is 5.69 Å². The summed E-state index contributed by atoms with van der Waals surface area (Å²) in [5, 5.41) is 63.7. The number of carboxylic acids is 1. The van der Waals surface area contributed by atoms with E-state index in [1.165, 1.54) is 6.08 Å². The third-order valence-corrected chi connectivity index (χ3v) is 10.5. The number of aliphatic hydroxyl groups excluding tert-OH is 3. The van der Waals surface area contributed by atoms with Crippen LogP contribution in [0.1, 0.15) is 28.7 Å². The van der Waals surface area contributed by atoms with Crippen molar-refractivity contribution in [3.05, 3.63) is 65.2 Å². The van der Waals surface area contributed by atoms with Gasteiger partial charge in [-0.25, -0.2) is 4.79 Å². The molecule has 0 aromatic heterocycles. The third kappa shape index (κ3) is 4.55. The van der Waals surface area contributed by atoms with E-state index in [0.29, 0.717) is 58.5 Å². The first kappa shape index (κ1) is 33.4. The zero-order valence-electron chi connectivity index (χ0n) is 28.2. The minimum Gasteiger partial charge on any atom is -0.508 e. The van der Waals surface area contributed by atoms with Crippen molar-refractivity contribution < 1.29 is 58.7 Å². The van der Waals surface area contributed by atoms with Gasteiger partial charge in [0.05, 0.1) is 20.1 Å². The van der Waals surface area contributed by atoms with E-state index in [2.05, 4.69) is 16.0 Å². The molecule has 0 radical (unpaired) electrons. The number of methoxy groups -OCH3 is 2. The van der Waals surface area contributed by atoms with E-state index < -0.39 is 53.9 Å². The number of likely N-dealkylation sites (N-methyl/N-ethyl adjacent to an activating group) is 1. The van der Waals surface area contributed by atoms with Gasteiger partial charge in [0.25, 0.3) is 5.79 Å². The van der Waals surface area contributed by atoms with Crippen molar-refractivity contribution in [3.8, 4) is 45.6 Å². The van der Waals surface area contributed by atoms with Crippen molar-refractivity contribution in [1.29, 1.82) is 0 Å². The van der Waals surface area contributed by atoms with Gasteiger partial charge in [0.2, 0.25) is 11.4 Å². The summed E-state index contributed by atoms with van der Waals surface area (Å²) in [6, 6.07) is 9.18. The lowest BCUT2D eigenvalue weighted by molar-refractivity contribution is -0.356. The van der Waals surface area contributed by atoms with Gasteiger partial charge in [-0.15, -0.1) is 0 Å². The molecule has 3 aromatic rings. The van der Waals surface area contributed by atoms with E-state index in [0.717, 1.165) is 17.2 Å². The van der Waals surface area contributed by atoms with Crippen LogP contribution in [-0.2, 0) is 16.1 Å². The number of nitrogens with one attached hydrogen (secondary N) is 3. The molecule has 15 nitrogen and oxygen atoms in total. The van der Waals surface area contributed by atoms with Crippen molar-refractivity contribution in [2.75, 3.05) is 40.2 Å². The number of rotatable bonds is 8. The van der Waals surface area contributed by atoms with Crippen LogP contribution in [-0.4, -0.2) is 108 Å². The maximum atomic E-state index is 12.5. The molecule has 1 saturated heterocycles. The minimum absolute atomic E-state index is 0.00292. The predicted octanol–water partition coefficient (Wildman–Crippen LogP) is 1.37. The van der Waals surface area contributed by atoms with E-state index in [-0.39, 0.29) is 17.4 Å². The molecular formula is C36H39N3O12. The zero-order valence-corrected chi connectivity index (χ0v) is 28.2. The summed E-state index contributed by atoms with van der Waals surface area (Å²) in [5.74, 6) is -2.15. The second-order valence-electron chi connectivity index (χ2n) is 13.3. The Kier molecular flexibility index (Phi) is 7.79. The van der Waals surface area contributed by atoms with E-state index in [1.807, 2.05) is 20.2 Å². The number of hydrogen-bond acceptors (Lipinski definition) is 14. The summed E-state index contributed by atoms with van der Waals surface area (Å²) < 4.78 is 37.9. The summed E-state index contributed by atoms with van der Waals surface area (Å²) in [7, 11) is 6.79. The maximum absolute atomic E-state index is 12.5. The number of carboxylic acid groups (broad SMARTS) is 1. The highest BCUT2D eigenvalue weighted by Crippen LogP contribution is 2.64. The Labute approximate surface area is 292 Å². The van der Waals surface area contributed by atoms with E-state index in [1.54, 1.807) is 44.6 Å². The fourth-order valence-corrected chi connectivity index (χ4v) is 8.26. The van der Waals surface area contributed by atoms with Crippen LogP contribution < -0.4 is 39.6 Å². The largest absolute Gasteiger partial charge is 0.508 e. The lowest BCUT2D eigenvalue weighted by Gasteiger charge is -2.57. The first-order valence-electron chi connectivity index (χ1n) is 16.6. The third-order valence-electron chi connectivity index (χ3n) is 10.5. The number of phenolic OH excluding ortho intramolecular Hbond substituents is 1. The van der Waals surface area contributed by atoms with Crippen LogP contribution in [0.5, 0.6) is 34.5 Å². The Morgan fingerprint density at radius 1 is 1.00 bits per heavy atom. The number of hydrogen-bond donors (Lipinski definition) is 8. The molecule has 1 spiro atoms. The van der Waals surface area contributed by atoms with Gasteiger partial charge in [-0.1, -0.05) is 18.2 Å². The highest BCUT2D eigenvalue weighted by molar-refractivity contribution is 5.86. The second-order valence-corrected chi connectivity index (χ2v) is 13.3. The summed E-state index contributed by atoms with van der Waals surface area (Å²) in [6.45, 7) is 0.910. The Balaban J connectivity index is 1.36. The van der Waals surface area contributed by atoms with Crippen molar-refractivity contribution in [3.63, 3.8) is 0 Å². The van der Waals surface area contributed by atoms with Crippen LogP contribution in [0.2, 0.25) is 0 Å². The fraction of sp³-hybridized carbons (Fsp3) is 0.417. The topological polar surface area (TPSA) is 210 Å². The van der Waals surface area contributed by atoms with Crippen molar-refractivity contribution >= 4 is 11.7 Å². The van der Waals surface area contributed by atoms with Gasteiger partial charge in [-0.2, -0.15) is 0 Å². The van der Waals surface area contributed by atoms with Gasteiger partial charge in [-0.3, -0.25) is 0 Å². The summed E-state index contributed by atoms with van der Waals surface area (Å²) in [6.07, 6.45) is -4.36. The molecule has 9 atom stereocenters. The molecule has 8 rings (SSSR count). The number of aliphatic hydroxyl groups is 3. The van der Waals surface area contributed by atoms with Crippen molar-refractivity contribution in [1.82, 2.24) is 10.6 Å². The molecular weight excluding hydrogens is 666 g/mol. The average Bonchev–Trinajstić information content (AvgIpc) is 3.53. The van der Waals surface area contributed by atoms with Gasteiger partial charge in [-0.05, 0) is 61.1 Å². The predicted molar refractivity (Wildman–Crippen MR) is 180 cm³/mol. The molecule has 15 heteroatoms. The van der Waals surface area contributed by atoms with Crippen LogP contribution in [0.25, 0.3) is 11.1 Å². The van der Waals surface area contributed by atoms with Crippen LogP contribution in [0.15, 0.2) is 48.6 Å². The zero-order chi connectivity index (χ0) is 36.0. The molecule has 2 bridgehead atoms. The van der Waals surface area contributed by atoms with Crippen LogP contribution >= 0.6 is 0 Å². The smallest absolute Gasteiger partial charge is 0.343 e. The average molecular weight is 706 g/mol. The molecule has 0 amide bonds. The number of phenols is 1. The van der Waals surface area contributed by atoms with E-state index in [4.69, 9.17) is 28.4 Å². The Morgan fingerprint density at radius 2 is 1.80 bits per heavy atom.